The number of aromatic carboxylic acids is 1. The molecule has 28 heavy (non-hydrogen) atoms. The summed E-state index contributed by atoms with van der Waals surface area (Å²) in [5, 5.41) is 19.0. The molecule has 1 aromatic carbocycles. The zero-order chi connectivity index (χ0) is 20.4. The monoisotopic (exact) mass is 393 g/mol. The van der Waals surface area contributed by atoms with Gasteiger partial charge in [-0.15, -0.1) is 0 Å². The van der Waals surface area contributed by atoms with Crippen LogP contribution in [0.4, 0.5) is 0 Å². The normalized spacial score (nSPS) is 10.5. The number of nitriles is 1. The first-order valence-corrected chi connectivity index (χ1v) is 8.90. The molecule has 0 atom stereocenters. The fourth-order valence-electron chi connectivity index (χ4n) is 3.33. The van der Waals surface area contributed by atoms with Gasteiger partial charge in [0.25, 0.3) is 0 Å². The van der Waals surface area contributed by atoms with E-state index < -0.39 is 11.4 Å². The summed E-state index contributed by atoms with van der Waals surface area (Å²) >= 11 is 5.99. The van der Waals surface area contributed by atoms with Crippen molar-refractivity contribution in [1.82, 2.24) is 9.55 Å². The Kier molecular flexibility index (Phi) is 5.30. The molecule has 0 saturated heterocycles. The molecule has 0 bridgehead atoms. The molecule has 0 aliphatic heterocycles. The van der Waals surface area contributed by atoms with E-state index in [1.807, 2.05) is 13.0 Å². The highest BCUT2D eigenvalue weighted by Crippen LogP contribution is 2.30. The Hall–Kier alpha value is -3.43. The molecule has 3 aromatic rings. The number of halogens is 1. The molecule has 0 aliphatic carbocycles. The topological polar surface area (TPSA) is 96.0 Å². The molecule has 7 heteroatoms. The lowest BCUT2D eigenvalue weighted by Crippen LogP contribution is -2.25. The summed E-state index contributed by atoms with van der Waals surface area (Å²) in [4.78, 5) is 29.2. The third-order valence-corrected chi connectivity index (χ3v) is 4.77. The molecule has 2 heterocycles. The molecular formula is C21H16ClN3O3. The lowest BCUT2D eigenvalue weighted by Gasteiger charge is -2.21. The van der Waals surface area contributed by atoms with E-state index in [9.17, 15) is 14.7 Å². The van der Waals surface area contributed by atoms with Crippen molar-refractivity contribution in [1.29, 1.82) is 5.26 Å². The zero-order valence-electron chi connectivity index (χ0n) is 15.2. The summed E-state index contributed by atoms with van der Waals surface area (Å²) in [6.07, 6.45) is 1.47. The quantitative estimate of drug-likeness (QED) is 0.672. The Morgan fingerprint density at radius 1 is 1.25 bits per heavy atom. The van der Waals surface area contributed by atoms with Gasteiger partial charge in [-0.1, -0.05) is 23.7 Å². The highest BCUT2D eigenvalue weighted by Gasteiger charge is 2.25. The zero-order valence-corrected chi connectivity index (χ0v) is 16.0. The van der Waals surface area contributed by atoms with Crippen LogP contribution >= 0.6 is 11.6 Å². The molecule has 0 fully saturated rings. The van der Waals surface area contributed by atoms with E-state index in [0.29, 0.717) is 40.2 Å². The second-order valence-electron chi connectivity index (χ2n) is 6.12. The smallest absolute Gasteiger partial charge is 0.341 e. The van der Waals surface area contributed by atoms with Crippen molar-refractivity contribution in [3.05, 3.63) is 74.8 Å². The second kappa shape index (κ2) is 7.67. The Balaban J connectivity index is 2.42. The number of carbonyl (C=O) groups is 1. The maximum absolute atomic E-state index is 13.2. The van der Waals surface area contributed by atoms with E-state index in [1.165, 1.54) is 12.3 Å². The fourth-order valence-corrected chi connectivity index (χ4v) is 3.50. The van der Waals surface area contributed by atoms with E-state index in [4.69, 9.17) is 16.9 Å². The molecule has 0 radical (unpaired) electrons. The highest BCUT2D eigenvalue weighted by atomic mass is 35.5. The predicted molar refractivity (Wildman–Crippen MR) is 106 cm³/mol. The SMILES string of the molecule is CCn1c(C)c(-c2ccc(C#N)cc2)c(=O)c(C(=O)O)c1-c1ccnc(Cl)c1. The average molecular weight is 394 g/mol. The van der Waals surface area contributed by atoms with Crippen LogP contribution in [0.25, 0.3) is 22.4 Å². The van der Waals surface area contributed by atoms with E-state index >= 15 is 0 Å². The van der Waals surface area contributed by atoms with Gasteiger partial charge in [0.1, 0.15) is 10.7 Å². The second-order valence-corrected chi connectivity index (χ2v) is 6.51. The molecule has 0 spiro atoms. The molecular weight excluding hydrogens is 378 g/mol. The molecule has 0 aliphatic rings. The van der Waals surface area contributed by atoms with Crippen molar-refractivity contribution < 1.29 is 9.90 Å². The highest BCUT2D eigenvalue weighted by molar-refractivity contribution is 6.29. The molecule has 3 rings (SSSR count). The predicted octanol–water partition coefficient (Wildman–Crippen LogP) is 4.13. The Morgan fingerprint density at radius 2 is 1.93 bits per heavy atom. The van der Waals surface area contributed by atoms with Crippen LogP contribution < -0.4 is 5.43 Å². The summed E-state index contributed by atoms with van der Waals surface area (Å²) < 4.78 is 1.78. The van der Waals surface area contributed by atoms with Crippen LogP contribution in [0.2, 0.25) is 5.15 Å². The van der Waals surface area contributed by atoms with Crippen molar-refractivity contribution in [2.24, 2.45) is 0 Å². The van der Waals surface area contributed by atoms with Gasteiger partial charge in [-0.05, 0) is 43.7 Å². The molecule has 6 nitrogen and oxygen atoms in total. The number of carboxylic acids is 1. The first-order chi connectivity index (χ1) is 13.4. The van der Waals surface area contributed by atoms with Gasteiger partial charge in [-0.3, -0.25) is 4.79 Å². The standard InChI is InChI=1S/C21H16ClN3O3/c1-3-25-12(2)17(14-6-4-13(11-23)5-7-14)20(26)18(21(27)28)19(25)15-8-9-24-16(22)10-15/h4-10H,3H2,1-2H3,(H,27,28). The van der Waals surface area contributed by atoms with Gasteiger partial charge in [0.05, 0.1) is 17.3 Å². The molecule has 1 N–H and O–H groups in total. The first-order valence-electron chi connectivity index (χ1n) is 8.52. The van der Waals surface area contributed by atoms with Crippen molar-refractivity contribution in [2.75, 3.05) is 0 Å². The van der Waals surface area contributed by atoms with Crippen molar-refractivity contribution in [2.45, 2.75) is 20.4 Å². The average Bonchev–Trinajstić information content (AvgIpc) is 2.67. The third kappa shape index (κ3) is 3.28. The first kappa shape index (κ1) is 19.3. The minimum Gasteiger partial charge on any atom is -0.477 e. The van der Waals surface area contributed by atoms with Crippen LogP contribution in [0.5, 0.6) is 0 Å². The maximum Gasteiger partial charge on any atom is 0.341 e. The lowest BCUT2D eigenvalue weighted by molar-refractivity contribution is 0.0695. The van der Waals surface area contributed by atoms with E-state index in [1.54, 1.807) is 41.8 Å². The van der Waals surface area contributed by atoms with Gasteiger partial charge in [0.2, 0.25) is 5.43 Å². The lowest BCUT2D eigenvalue weighted by atomic mass is 9.96. The Labute approximate surface area is 166 Å². The fraction of sp³-hybridized carbons (Fsp3) is 0.143. The van der Waals surface area contributed by atoms with Crippen molar-refractivity contribution in [3.63, 3.8) is 0 Å². The molecule has 0 amide bonds. The summed E-state index contributed by atoms with van der Waals surface area (Å²) in [6.45, 7) is 4.10. The van der Waals surface area contributed by atoms with Crippen LogP contribution in [0.1, 0.15) is 28.5 Å². The van der Waals surface area contributed by atoms with Crippen LogP contribution in [0.15, 0.2) is 47.4 Å². The van der Waals surface area contributed by atoms with Crippen LogP contribution in [0.3, 0.4) is 0 Å². The number of benzene rings is 1. The number of aromatic nitrogens is 2. The summed E-state index contributed by atoms with van der Waals surface area (Å²) in [5.41, 5.74) is 1.84. The van der Waals surface area contributed by atoms with Gasteiger partial charge in [-0.2, -0.15) is 5.26 Å². The van der Waals surface area contributed by atoms with Crippen molar-refractivity contribution in [3.8, 4) is 28.5 Å². The third-order valence-electron chi connectivity index (χ3n) is 4.56. The van der Waals surface area contributed by atoms with Gasteiger partial charge in [0.15, 0.2) is 0 Å². The number of hydrogen-bond acceptors (Lipinski definition) is 4. The van der Waals surface area contributed by atoms with Gasteiger partial charge >= 0.3 is 5.97 Å². The summed E-state index contributed by atoms with van der Waals surface area (Å²) in [7, 11) is 0. The van der Waals surface area contributed by atoms with E-state index in [-0.39, 0.29) is 10.7 Å². The van der Waals surface area contributed by atoms with Gasteiger partial charge < -0.3 is 9.67 Å². The number of pyridine rings is 2. The van der Waals surface area contributed by atoms with E-state index in [2.05, 4.69) is 4.98 Å². The molecule has 2 aromatic heterocycles. The maximum atomic E-state index is 13.2. The number of nitrogens with zero attached hydrogens (tertiary/aromatic N) is 3. The van der Waals surface area contributed by atoms with Crippen LogP contribution in [-0.2, 0) is 6.54 Å². The van der Waals surface area contributed by atoms with E-state index in [0.717, 1.165) is 0 Å². The van der Waals surface area contributed by atoms with Gasteiger partial charge in [-0.25, -0.2) is 9.78 Å². The summed E-state index contributed by atoms with van der Waals surface area (Å²) in [5.74, 6) is -1.31. The number of carboxylic acid groups (broad SMARTS) is 1. The largest absolute Gasteiger partial charge is 0.477 e. The minimum absolute atomic E-state index is 0.206. The summed E-state index contributed by atoms with van der Waals surface area (Å²) in [6, 6.07) is 11.7. The van der Waals surface area contributed by atoms with Crippen LogP contribution in [0, 0.1) is 18.3 Å². The van der Waals surface area contributed by atoms with Crippen molar-refractivity contribution >= 4 is 17.6 Å². The molecule has 140 valence electrons. The Bertz CT molecular complexity index is 1180. The van der Waals surface area contributed by atoms with Gasteiger partial charge in [0, 0.05) is 29.6 Å². The minimum atomic E-state index is -1.31. The number of hydrogen-bond donors (Lipinski definition) is 1. The number of rotatable bonds is 4. The molecule has 0 unspecified atom stereocenters. The Morgan fingerprint density at radius 3 is 2.46 bits per heavy atom. The van der Waals surface area contributed by atoms with Crippen LogP contribution in [-0.4, -0.2) is 20.6 Å². The molecule has 0 saturated carbocycles.